The average molecular weight is 272 g/mol. The van der Waals surface area contributed by atoms with Gasteiger partial charge in [0.15, 0.2) is 0 Å². The number of nitrogens with two attached hydrogens (primary N) is 1. The molecule has 19 heavy (non-hydrogen) atoms. The molecule has 0 unspecified atom stereocenters. The lowest BCUT2D eigenvalue weighted by Gasteiger charge is -1.97. The third-order valence-electron chi connectivity index (χ3n) is 2.61. The number of nitrogen functional groups attached to an aromatic ring is 1. The predicted octanol–water partition coefficient (Wildman–Crippen LogP) is 3.60. The Morgan fingerprint density at radius 3 is 2.79 bits per heavy atom. The summed E-state index contributed by atoms with van der Waals surface area (Å²) in [5.74, 6) is 0.0640. The first kappa shape index (κ1) is 13.3. The molecule has 0 aliphatic rings. The Labute approximate surface area is 115 Å². The van der Waals surface area contributed by atoms with E-state index in [0.717, 1.165) is 21.6 Å². The maximum atomic E-state index is 7.54. The third kappa shape index (κ3) is 2.51. The normalized spacial score (nSPS) is 10.0. The second kappa shape index (κ2) is 5.67. The second-order valence-electron chi connectivity index (χ2n) is 3.69. The van der Waals surface area contributed by atoms with Crippen molar-refractivity contribution in [3.63, 3.8) is 0 Å². The van der Waals surface area contributed by atoms with Crippen LogP contribution in [0.3, 0.4) is 0 Å². The number of rotatable bonds is 2. The van der Waals surface area contributed by atoms with Gasteiger partial charge in [-0.1, -0.05) is 19.9 Å². The van der Waals surface area contributed by atoms with E-state index in [1.807, 2.05) is 37.4 Å². The molecule has 98 valence electrons. The number of thiophene rings is 1. The number of hydrogen-bond donors (Lipinski definition) is 3. The number of aromatic amines is 1. The monoisotopic (exact) mass is 272 g/mol. The SMILES string of the molecule is CC.N=C(N)c1ccnc2[nH]c(-c3cccs3)cc12. The number of fused-ring (bicyclic) bond motifs is 1. The maximum absolute atomic E-state index is 7.54. The highest BCUT2D eigenvalue weighted by molar-refractivity contribution is 7.13. The fraction of sp³-hybridized carbons (Fsp3) is 0.143. The van der Waals surface area contributed by atoms with Gasteiger partial charge in [-0.25, -0.2) is 4.98 Å². The van der Waals surface area contributed by atoms with E-state index in [1.54, 1.807) is 23.6 Å². The van der Waals surface area contributed by atoms with Crippen molar-refractivity contribution in [2.45, 2.75) is 13.8 Å². The van der Waals surface area contributed by atoms with Gasteiger partial charge in [0.2, 0.25) is 0 Å². The molecule has 0 saturated carbocycles. The van der Waals surface area contributed by atoms with Gasteiger partial charge >= 0.3 is 0 Å². The van der Waals surface area contributed by atoms with Crippen LogP contribution in [-0.4, -0.2) is 15.8 Å². The second-order valence-corrected chi connectivity index (χ2v) is 4.64. The number of pyridine rings is 1. The Morgan fingerprint density at radius 1 is 1.37 bits per heavy atom. The number of aromatic nitrogens is 2. The van der Waals surface area contributed by atoms with Crippen LogP contribution in [0, 0.1) is 5.41 Å². The number of H-pyrrole nitrogens is 1. The summed E-state index contributed by atoms with van der Waals surface area (Å²) < 4.78 is 0. The molecule has 0 fully saturated rings. The van der Waals surface area contributed by atoms with Crippen LogP contribution in [0.2, 0.25) is 0 Å². The van der Waals surface area contributed by atoms with Gasteiger partial charge in [0.1, 0.15) is 11.5 Å². The van der Waals surface area contributed by atoms with Crippen molar-refractivity contribution in [1.82, 2.24) is 9.97 Å². The molecular formula is C14H16N4S. The van der Waals surface area contributed by atoms with E-state index < -0.39 is 0 Å². The first-order valence-corrected chi connectivity index (χ1v) is 6.99. The number of nitrogens with zero attached hydrogens (tertiary/aromatic N) is 1. The van der Waals surface area contributed by atoms with Gasteiger partial charge in [-0.2, -0.15) is 0 Å². The van der Waals surface area contributed by atoms with E-state index in [-0.39, 0.29) is 5.84 Å². The number of nitrogens with one attached hydrogen (secondary N) is 2. The zero-order chi connectivity index (χ0) is 13.8. The fourth-order valence-electron chi connectivity index (χ4n) is 1.83. The van der Waals surface area contributed by atoms with E-state index in [2.05, 4.69) is 9.97 Å². The van der Waals surface area contributed by atoms with Gasteiger partial charge in [0.25, 0.3) is 0 Å². The van der Waals surface area contributed by atoms with Gasteiger partial charge in [-0.05, 0) is 23.6 Å². The zero-order valence-electron chi connectivity index (χ0n) is 10.9. The minimum Gasteiger partial charge on any atom is -0.384 e. The van der Waals surface area contributed by atoms with E-state index in [9.17, 15) is 0 Å². The molecule has 0 radical (unpaired) electrons. The molecule has 0 saturated heterocycles. The van der Waals surface area contributed by atoms with Crippen LogP contribution in [0.25, 0.3) is 21.6 Å². The molecule has 0 bridgehead atoms. The van der Waals surface area contributed by atoms with Crippen molar-refractivity contribution in [2.24, 2.45) is 5.73 Å². The lowest BCUT2D eigenvalue weighted by atomic mass is 10.1. The minimum atomic E-state index is 0.0640. The van der Waals surface area contributed by atoms with Crippen molar-refractivity contribution >= 4 is 28.2 Å². The highest BCUT2D eigenvalue weighted by Crippen LogP contribution is 2.28. The van der Waals surface area contributed by atoms with Gasteiger partial charge in [0.05, 0.1) is 10.6 Å². The topological polar surface area (TPSA) is 78.6 Å². The van der Waals surface area contributed by atoms with Crippen LogP contribution >= 0.6 is 11.3 Å². The number of amidine groups is 1. The van der Waals surface area contributed by atoms with Crippen LogP contribution in [0.1, 0.15) is 19.4 Å². The Balaban J connectivity index is 0.000000637. The Bertz CT molecular complexity index is 683. The van der Waals surface area contributed by atoms with Crippen LogP contribution in [0.4, 0.5) is 0 Å². The molecule has 0 amide bonds. The number of hydrogen-bond acceptors (Lipinski definition) is 3. The summed E-state index contributed by atoms with van der Waals surface area (Å²) in [6.45, 7) is 4.00. The average Bonchev–Trinajstić information content (AvgIpc) is 3.08. The maximum Gasteiger partial charge on any atom is 0.138 e. The van der Waals surface area contributed by atoms with Crippen molar-refractivity contribution in [3.8, 4) is 10.6 Å². The van der Waals surface area contributed by atoms with Gasteiger partial charge in [-0.15, -0.1) is 11.3 Å². The van der Waals surface area contributed by atoms with Gasteiger partial charge < -0.3 is 10.7 Å². The molecule has 3 rings (SSSR count). The van der Waals surface area contributed by atoms with Crippen LogP contribution in [0.5, 0.6) is 0 Å². The molecule has 5 heteroatoms. The Kier molecular flexibility index (Phi) is 3.97. The molecule has 4 N–H and O–H groups in total. The smallest absolute Gasteiger partial charge is 0.138 e. The van der Waals surface area contributed by atoms with Crippen LogP contribution in [0.15, 0.2) is 35.8 Å². The largest absolute Gasteiger partial charge is 0.384 e. The van der Waals surface area contributed by atoms with E-state index >= 15 is 0 Å². The molecule has 0 atom stereocenters. The first-order valence-electron chi connectivity index (χ1n) is 6.12. The molecule has 3 aromatic rings. The van der Waals surface area contributed by atoms with E-state index in [1.165, 1.54) is 0 Å². The van der Waals surface area contributed by atoms with Crippen molar-refractivity contribution in [3.05, 3.63) is 41.4 Å². The highest BCUT2D eigenvalue weighted by Gasteiger charge is 2.09. The Morgan fingerprint density at radius 2 is 2.16 bits per heavy atom. The fourth-order valence-corrected chi connectivity index (χ4v) is 2.52. The molecule has 3 aromatic heterocycles. The van der Waals surface area contributed by atoms with Crippen LogP contribution in [-0.2, 0) is 0 Å². The van der Waals surface area contributed by atoms with Crippen molar-refractivity contribution in [1.29, 1.82) is 5.41 Å². The molecule has 4 nitrogen and oxygen atoms in total. The standard InChI is InChI=1S/C12H10N4S.C2H6/c13-11(14)7-3-4-15-12-8(7)6-9(16-12)10-2-1-5-17-10;1-2/h1-6H,(H3,13,14)(H,15,16);1-2H3. The third-order valence-corrected chi connectivity index (χ3v) is 3.51. The molecule has 0 spiro atoms. The van der Waals surface area contributed by atoms with Crippen molar-refractivity contribution < 1.29 is 0 Å². The highest BCUT2D eigenvalue weighted by atomic mass is 32.1. The predicted molar refractivity (Wildman–Crippen MR) is 81.8 cm³/mol. The lowest BCUT2D eigenvalue weighted by molar-refractivity contribution is 1.32. The summed E-state index contributed by atoms with van der Waals surface area (Å²) in [5, 5.41) is 10.5. The molecule has 3 heterocycles. The lowest BCUT2D eigenvalue weighted by Crippen LogP contribution is -2.11. The molecule has 0 aromatic carbocycles. The quantitative estimate of drug-likeness (QED) is 0.492. The van der Waals surface area contributed by atoms with E-state index in [4.69, 9.17) is 11.1 Å². The van der Waals surface area contributed by atoms with Gasteiger partial charge in [-0.3, -0.25) is 5.41 Å². The summed E-state index contributed by atoms with van der Waals surface area (Å²) in [6.07, 6.45) is 1.66. The summed E-state index contributed by atoms with van der Waals surface area (Å²) >= 11 is 1.66. The van der Waals surface area contributed by atoms with Gasteiger partial charge in [0, 0.05) is 17.1 Å². The molecule has 0 aliphatic heterocycles. The Hall–Kier alpha value is -2.14. The first-order chi connectivity index (χ1) is 9.25. The molecule has 0 aliphatic carbocycles. The van der Waals surface area contributed by atoms with Crippen LogP contribution < -0.4 is 5.73 Å². The molecular weight excluding hydrogens is 256 g/mol. The van der Waals surface area contributed by atoms with Crippen molar-refractivity contribution in [2.75, 3.05) is 0 Å². The zero-order valence-corrected chi connectivity index (χ0v) is 11.7. The minimum absolute atomic E-state index is 0.0640. The summed E-state index contributed by atoms with van der Waals surface area (Å²) in [5.41, 5.74) is 8.04. The summed E-state index contributed by atoms with van der Waals surface area (Å²) in [7, 11) is 0. The van der Waals surface area contributed by atoms with E-state index in [0.29, 0.717) is 5.56 Å². The summed E-state index contributed by atoms with van der Waals surface area (Å²) in [4.78, 5) is 8.64. The summed E-state index contributed by atoms with van der Waals surface area (Å²) in [6, 6.07) is 7.80.